The van der Waals surface area contributed by atoms with Crippen molar-refractivity contribution >= 4 is 21.9 Å². The summed E-state index contributed by atoms with van der Waals surface area (Å²) in [6, 6.07) is 32.0. The van der Waals surface area contributed by atoms with E-state index in [2.05, 4.69) is 39.2 Å². The van der Waals surface area contributed by atoms with Crippen LogP contribution in [0.3, 0.4) is 0 Å². The van der Waals surface area contributed by atoms with Crippen molar-refractivity contribution in [1.82, 2.24) is 15.0 Å². The first kappa shape index (κ1) is 23.5. The summed E-state index contributed by atoms with van der Waals surface area (Å²) >= 11 is 0. The minimum absolute atomic E-state index is 0. The molecule has 0 bridgehead atoms. The standard InChI is InChI=1S/C17H11N2O.C12H10N.Ir/c1-11-5-4-7-14(19-11)15-9-13-12-6-2-3-8-16(12)20-17(13)10-18-15;1-10-7-8-12(13-9-10)11-5-3-2-4-6-11;/h2-6,8-10H,1H3;2-5,7-9H,1H3;/q2*-1;. The van der Waals surface area contributed by atoms with Crippen molar-refractivity contribution < 1.29 is 24.5 Å². The van der Waals surface area contributed by atoms with Gasteiger partial charge in [-0.15, -0.1) is 42.0 Å². The number of nitrogens with zero attached hydrogens (tertiary/aromatic N) is 3. The first-order chi connectivity index (χ1) is 16.2. The average Bonchev–Trinajstić information content (AvgIpc) is 3.23. The van der Waals surface area contributed by atoms with E-state index in [1.165, 1.54) is 5.56 Å². The van der Waals surface area contributed by atoms with E-state index in [0.29, 0.717) is 0 Å². The minimum atomic E-state index is 0. The van der Waals surface area contributed by atoms with E-state index in [1.807, 2.05) is 86.8 Å². The van der Waals surface area contributed by atoms with Crippen LogP contribution in [0.4, 0.5) is 0 Å². The van der Waals surface area contributed by atoms with Crippen molar-refractivity contribution in [2.24, 2.45) is 0 Å². The summed E-state index contributed by atoms with van der Waals surface area (Å²) in [6.45, 7) is 3.99. The molecule has 6 aromatic rings. The number of benzene rings is 2. The third-order valence-corrected chi connectivity index (χ3v) is 5.24. The Balaban J connectivity index is 0.000000171. The molecule has 169 valence electrons. The molecule has 0 aliphatic carbocycles. The van der Waals surface area contributed by atoms with Crippen molar-refractivity contribution in [2.75, 3.05) is 0 Å². The molecule has 4 aromatic heterocycles. The maximum Gasteiger partial charge on any atom is 0.151 e. The number of aryl methyl sites for hydroxylation is 2. The molecular formula is C29H21IrN3O-2. The molecule has 0 atom stereocenters. The molecule has 4 nitrogen and oxygen atoms in total. The van der Waals surface area contributed by atoms with E-state index in [4.69, 9.17) is 4.42 Å². The molecule has 0 saturated carbocycles. The van der Waals surface area contributed by atoms with Gasteiger partial charge in [-0.05, 0) is 48.3 Å². The summed E-state index contributed by atoms with van der Waals surface area (Å²) in [6.07, 6.45) is 3.62. The maximum atomic E-state index is 5.77. The summed E-state index contributed by atoms with van der Waals surface area (Å²) in [7, 11) is 0. The van der Waals surface area contributed by atoms with Crippen LogP contribution in [-0.2, 0) is 20.1 Å². The van der Waals surface area contributed by atoms with Crippen LogP contribution in [0.2, 0.25) is 0 Å². The van der Waals surface area contributed by atoms with Gasteiger partial charge in [-0.25, -0.2) is 0 Å². The Morgan fingerprint density at radius 3 is 2.29 bits per heavy atom. The number of aromatic nitrogens is 3. The van der Waals surface area contributed by atoms with Gasteiger partial charge >= 0.3 is 0 Å². The molecule has 0 unspecified atom stereocenters. The predicted octanol–water partition coefficient (Wildman–Crippen LogP) is 7.01. The molecule has 4 heterocycles. The van der Waals surface area contributed by atoms with E-state index in [1.54, 1.807) is 6.20 Å². The number of para-hydroxylation sites is 1. The predicted molar refractivity (Wildman–Crippen MR) is 132 cm³/mol. The number of fused-ring (bicyclic) bond motifs is 3. The second-order valence-corrected chi connectivity index (χ2v) is 7.74. The third-order valence-electron chi connectivity index (χ3n) is 5.24. The SMILES string of the molecule is Cc1cc[c-]c(-c2cc3c(cn2)oc2ccccc23)n1.Cc1ccc(-c2[c-]cccc2)nc1.[Ir]. The summed E-state index contributed by atoms with van der Waals surface area (Å²) in [5, 5.41) is 2.15. The zero-order chi connectivity index (χ0) is 22.6. The maximum absolute atomic E-state index is 5.77. The number of hydrogen-bond donors (Lipinski definition) is 0. The van der Waals surface area contributed by atoms with Crippen LogP contribution in [0.15, 0.2) is 95.7 Å². The van der Waals surface area contributed by atoms with Gasteiger partial charge < -0.3 is 14.4 Å². The first-order valence-electron chi connectivity index (χ1n) is 10.7. The fourth-order valence-corrected chi connectivity index (χ4v) is 3.56. The van der Waals surface area contributed by atoms with Gasteiger partial charge in [-0.3, -0.25) is 4.98 Å². The largest absolute Gasteiger partial charge is 0.455 e. The monoisotopic (exact) mass is 620 g/mol. The molecule has 0 fully saturated rings. The first-order valence-corrected chi connectivity index (χ1v) is 10.7. The molecule has 5 heteroatoms. The van der Waals surface area contributed by atoms with Gasteiger partial charge in [-0.2, -0.15) is 12.1 Å². The van der Waals surface area contributed by atoms with Gasteiger partial charge in [0.15, 0.2) is 5.58 Å². The summed E-state index contributed by atoms with van der Waals surface area (Å²) in [4.78, 5) is 13.2. The van der Waals surface area contributed by atoms with E-state index in [0.717, 1.165) is 50.3 Å². The molecule has 0 amide bonds. The molecule has 0 spiro atoms. The van der Waals surface area contributed by atoms with Crippen LogP contribution in [-0.4, -0.2) is 15.0 Å². The Morgan fingerprint density at radius 1 is 0.706 bits per heavy atom. The van der Waals surface area contributed by atoms with Crippen molar-refractivity contribution in [1.29, 1.82) is 0 Å². The molecule has 1 radical (unpaired) electrons. The quantitative estimate of drug-likeness (QED) is 0.196. The Morgan fingerprint density at radius 2 is 1.53 bits per heavy atom. The van der Waals surface area contributed by atoms with Crippen LogP contribution in [0.1, 0.15) is 11.3 Å². The number of hydrogen-bond acceptors (Lipinski definition) is 4. The van der Waals surface area contributed by atoms with E-state index in [9.17, 15) is 0 Å². The van der Waals surface area contributed by atoms with E-state index >= 15 is 0 Å². The van der Waals surface area contributed by atoms with E-state index in [-0.39, 0.29) is 20.1 Å². The Hall–Kier alpha value is -3.66. The second kappa shape index (κ2) is 10.5. The number of furan rings is 1. The third kappa shape index (κ3) is 5.12. The van der Waals surface area contributed by atoms with Gasteiger partial charge in [-0.1, -0.05) is 36.4 Å². The van der Waals surface area contributed by atoms with Crippen molar-refractivity contribution in [3.63, 3.8) is 0 Å². The molecule has 0 saturated heterocycles. The normalized spacial score (nSPS) is 10.4. The van der Waals surface area contributed by atoms with Crippen LogP contribution >= 0.6 is 0 Å². The minimum Gasteiger partial charge on any atom is -0.455 e. The second-order valence-electron chi connectivity index (χ2n) is 7.74. The molecule has 0 aliphatic heterocycles. The fourth-order valence-electron chi connectivity index (χ4n) is 3.56. The molecule has 34 heavy (non-hydrogen) atoms. The van der Waals surface area contributed by atoms with Gasteiger partial charge in [0, 0.05) is 37.1 Å². The summed E-state index contributed by atoms with van der Waals surface area (Å²) < 4.78 is 5.77. The van der Waals surface area contributed by atoms with Gasteiger partial charge in [0.05, 0.1) is 6.20 Å². The molecule has 0 aliphatic rings. The van der Waals surface area contributed by atoms with E-state index < -0.39 is 0 Å². The van der Waals surface area contributed by atoms with Gasteiger partial charge in [0.25, 0.3) is 0 Å². The van der Waals surface area contributed by atoms with Gasteiger partial charge in [0.2, 0.25) is 0 Å². The molecule has 0 N–H and O–H groups in total. The van der Waals surface area contributed by atoms with Crippen LogP contribution in [0.25, 0.3) is 44.6 Å². The van der Waals surface area contributed by atoms with Crippen molar-refractivity contribution in [3.05, 3.63) is 115 Å². The van der Waals surface area contributed by atoms with Crippen molar-refractivity contribution in [3.8, 4) is 22.6 Å². The smallest absolute Gasteiger partial charge is 0.151 e. The summed E-state index contributed by atoms with van der Waals surface area (Å²) in [5.41, 5.74) is 7.40. The summed E-state index contributed by atoms with van der Waals surface area (Å²) in [5.74, 6) is 0. The average molecular weight is 620 g/mol. The zero-order valence-corrected chi connectivity index (χ0v) is 21.1. The van der Waals surface area contributed by atoms with Gasteiger partial charge in [0.1, 0.15) is 5.58 Å². The fraction of sp³-hybridized carbons (Fsp3) is 0.0690. The zero-order valence-electron chi connectivity index (χ0n) is 18.7. The Labute approximate surface area is 212 Å². The molecule has 2 aromatic carbocycles. The number of rotatable bonds is 2. The number of pyridine rings is 3. The Kier molecular flexibility index (Phi) is 7.27. The van der Waals surface area contributed by atoms with Crippen LogP contribution in [0, 0.1) is 26.0 Å². The van der Waals surface area contributed by atoms with Crippen molar-refractivity contribution in [2.45, 2.75) is 13.8 Å². The Bertz CT molecular complexity index is 1530. The van der Waals surface area contributed by atoms with Crippen LogP contribution in [0.5, 0.6) is 0 Å². The molecule has 6 rings (SSSR count). The molecular weight excluding hydrogens is 599 g/mol. The topological polar surface area (TPSA) is 51.8 Å². The van der Waals surface area contributed by atoms with Crippen LogP contribution < -0.4 is 0 Å².